The molecule has 0 saturated carbocycles. The van der Waals surface area contributed by atoms with Crippen molar-refractivity contribution in [3.8, 4) is 0 Å². The van der Waals surface area contributed by atoms with E-state index in [4.69, 9.17) is 0 Å². The molecule has 1 aromatic carbocycles. The number of nitrogens with one attached hydrogen (secondary N) is 1. The fraction of sp³-hybridized carbons (Fsp3) is 0.412. The first-order chi connectivity index (χ1) is 10.1. The lowest BCUT2D eigenvalue weighted by Crippen LogP contribution is -2.27. The zero-order chi connectivity index (χ0) is 15.7. The zero-order valence-corrected chi connectivity index (χ0v) is 13.1. The molecule has 116 valence electrons. The van der Waals surface area contributed by atoms with E-state index in [2.05, 4.69) is 23.4 Å². The number of hydrogen-bond acceptors (Lipinski definition) is 3. The molecule has 0 aliphatic carbocycles. The molecule has 0 spiro atoms. The Kier molecular flexibility index (Phi) is 7.72. The van der Waals surface area contributed by atoms with Crippen LogP contribution < -0.4 is 10.2 Å². The van der Waals surface area contributed by atoms with Gasteiger partial charge in [-0.2, -0.15) is 0 Å². The standard InChI is InChI=1S/C17H26FN3/c1-5-10-21(11-6-2)17-13-15(7-8-16(17)18)14-19-9-12-20(3)4/h5-8,13,19H,1-2,9-12,14H2,3-4H3. The predicted molar refractivity (Wildman–Crippen MR) is 89.3 cm³/mol. The summed E-state index contributed by atoms with van der Waals surface area (Å²) < 4.78 is 14.0. The molecule has 0 aliphatic rings. The quantitative estimate of drug-likeness (QED) is 0.528. The molecule has 3 nitrogen and oxygen atoms in total. The van der Waals surface area contributed by atoms with Crippen LogP contribution in [0.4, 0.5) is 10.1 Å². The monoisotopic (exact) mass is 291 g/mol. The summed E-state index contributed by atoms with van der Waals surface area (Å²) in [7, 11) is 4.08. The Morgan fingerprint density at radius 1 is 1.19 bits per heavy atom. The molecule has 0 aliphatic heterocycles. The Morgan fingerprint density at radius 2 is 1.86 bits per heavy atom. The molecule has 0 bridgehead atoms. The Balaban J connectivity index is 2.73. The van der Waals surface area contributed by atoms with Crippen molar-refractivity contribution in [2.45, 2.75) is 6.54 Å². The van der Waals surface area contributed by atoms with Gasteiger partial charge in [0.05, 0.1) is 5.69 Å². The molecular weight excluding hydrogens is 265 g/mol. The molecule has 1 N–H and O–H groups in total. The van der Waals surface area contributed by atoms with Gasteiger partial charge in [0.1, 0.15) is 5.82 Å². The number of rotatable bonds is 10. The van der Waals surface area contributed by atoms with E-state index >= 15 is 0 Å². The predicted octanol–water partition coefficient (Wildman–Crippen LogP) is 2.66. The van der Waals surface area contributed by atoms with Crippen molar-refractivity contribution in [1.29, 1.82) is 0 Å². The number of anilines is 1. The van der Waals surface area contributed by atoms with E-state index in [0.29, 0.717) is 18.8 Å². The molecule has 1 aromatic rings. The maximum Gasteiger partial charge on any atom is 0.146 e. The summed E-state index contributed by atoms with van der Waals surface area (Å²) in [5.41, 5.74) is 1.67. The first-order valence-electron chi connectivity index (χ1n) is 7.19. The van der Waals surface area contributed by atoms with Gasteiger partial charge in [0, 0.05) is 32.7 Å². The van der Waals surface area contributed by atoms with Crippen LogP contribution in [0, 0.1) is 5.82 Å². The second-order valence-electron chi connectivity index (χ2n) is 5.25. The summed E-state index contributed by atoms with van der Waals surface area (Å²) >= 11 is 0. The third-order valence-electron chi connectivity index (χ3n) is 3.12. The van der Waals surface area contributed by atoms with Crippen molar-refractivity contribution in [2.24, 2.45) is 0 Å². The molecule has 0 atom stereocenters. The van der Waals surface area contributed by atoms with Gasteiger partial charge < -0.3 is 15.1 Å². The van der Waals surface area contributed by atoms with Crippen LogP contribution in [0.5, 0.6) is 0 Å². The lowest BCUT2D eigenvalue weighted by atomic mass is 10.1. The molecule has 0 fully saturated rings. The number of likely N-dealkylation sites (N-methyl/N-ethyl adjacent to an activating group) is 1. The van der Waals surface area contributed by atoms with E-state index in [-0.39, 0.29) is 5.82 Å². The van der Waals surface area contributed by atoms with Crippen molar-refractivity contribution in [3.63, 3.8) is 0 Å². The molecule has 21 heavy (non-hydrogen) atoms. The lowest BCUT2D eigenvalue weighted by molar-refractivity contribution is 0.400. The molecule has 0 unspecified atom stereocenters. The normalized spacial score (nSPS) is 10.7. The summed E-state index contributed by atoms with van der Waals surface area (Å²) in [6.07, 6.45) is 3.54. The average molecular weight is 291 g/mol. The van der Waals surface area contributed by atoms with Gasteiger partial charge in [-0.3, -0.25) is 0 Å². The molecule has 0 aromatic heterocycles. The molecule has 1 rings (SSSR count). The maximum absolute atomic E-state index is 14.0. The maximum atomic E-state index is 14.0. The molecular formula is C17H26FN3. The number of benzene rings is 1. The van der Waals surface area contributed by atoms with Gasteiger partial charge in [-0.25, -0.2) is 4.39 Å². The van der Waals surface area contributed by atoms with Gasteiger partial charge in [0.25, 0.3) is 0 Å². The molecule has 4 heteroatoms. The summed E-state index contributed by atoms with van der Waals surface area (Å²) in [6.45, 7) is 11.3. The zero-order valence-electron chi connectivity index (χ0n) is 13.1. The van der Waals surface area contributed by atoms with Crippen LogP contribution >= 0.6 is 0 Å². The first kappa shape index (κ1) is 17.4. The Bertz CT molecular complexity index is 447. The van der Waals surface area contributed by atoms with E-state index in [9.17, 15) is 4.39 Å². The second kappa shape index (κ2) is 9.32. The highest BCUT2D eigenvalue weighted by Gasteiger charge is 2.10. The summed E-state index contributed by atoms with van der Waals surface area (Å²) in [6, 6.07) is 5.24. The Hall–Kier alpha value is -1.65. The smallest absolute Gasteiger partial charge is 0.146 e. The number of nitrogens with zero attached hydrogens (tertiary/aromatic N) is 2. The SMILES string of the molecule is C=CCN(CC=C)c1cc(CNCCN(C)C)ccc1F. The minimum atomic E-state index is -0.212. The van der Waals surface area contributed by atoms with Gasteiger partial charge in [0.15, 0.2) is 0 Å². The fourth-order valence-corrected chi connectivity index (χ4v) is 2.03. The molecule has 0 heterocycles. The minimum absolute atomic E-state index is 0.212. The van der Waals surface area contributed by atoms with E-state index in [1.165, 1.54) is 6.07 Å². The highest BCUT2D eigenvalue weighted by Crippen LogP contribution is 2.21. The van der Waals surface area contributed by atoms with Crippen LogP contribution in [0.15, 0.2) is 43.5 Å². The van der Waals surface area contributed by atoms with Gasteiger partial charge >= 0.3 is 0 Å². The molecule has 0 radical (unpaired) electrons. The van der Waals surface area contributed by atoms with Crippen molar-refractivity contribution in [2.75, 3.05) is 45.2 Å². The third-order valence-corrected chi connectivity index (χ3v) is 3.12. The van der Waals surface area contributed by atoms with E-state index in [0.717, 1.165) is 25.2 Å². The largest absolute Gasteiger partial charge is 0.362 e. The number of halogens is 1. The highest BCUT2D eigenvalue weighted by atomic mass is 19.1. The van der Waals surface area contributed by atoms with Crippen molar-refractivity contribution >= 4 is 5.69 Å². The van der Waals surface area contributed by atoms with Crippen molar-refractivity contribution in [1.82, 2.24) is 10.2 Å². The summed E-state index contributed by atoms with van der Waals surface area (Å²) in [5, 5.41) is 3.36. The van der Waals surface area contributed by atoms with Gasteiger partial charge in [-0.1, -0.05) is 18.2 Å². The van der Waals surface area contributed by atoms with Crippen LogP contribution in [0.3, 0.4) is 0 Å². The lowest BCUT2D eigenvalue weighted by Gasteiger charge is -2.23. The first-order valence-corrected chi connectivity index (χ1v) is 7.19. The number of hydrogen-bond donors (Lipinski definition) is 1. The summed E-state index contributed by atoms with van der Waals surface area (Å²) in [4.78, 5) is 4.04. The van der Waals surface area contributed by atoms with Crippen LogP contribution in [0.25, 0.3) is 0 Å². The van der Waals surface area contributed by atoms with E-state index in [1.807, 2.05) is 31.1 Å². The van der Waals surface area contributed by atoms with E-state index in [1.54, 1.807) is 12.2 Å². The van der Waals surface area contributed by atoms with Crippen LogP contribution in [-0.2, 0) is 6.54 Å². The second-order valence-corrected chi connectivity index (χ2v) is 5.25. The average Bonchev–Trinajstić information content (AvgIpc) is 2.45. The van der Waals surface area contributed by atoms with Gasteiger partial charge in [-0.05, 0) is 31.8 Å². The van der Waals surface area contributed by atoms with Gasteiger partial charge in [0.2, 0.25) is 0 Å². The van der Waals surface area contributed by atoms with Crippen LogP contribution in [0.2, 0.25) is 0 Å². The summed E-state index contributed by atoms with van der Waals surface area (Å²) in [5.74, 6) is -0.212. The Labute approximate surface area is 127 Å². The molecule has 0 amide bonds. The van der Waals surface area contributed by atoms with Crippen molar-refractivity contribution in [3.05, 3.63) is 54.9 Å². The molecule has 0 saturated heterocycles. The highest BCUT2D eigenvalue weighted by molar-refractivity contribution is 5.51. The third kappa shape index (κ3) is 6.10. The van der Waals surface area contributed by atoms with Crippen molar-refractivity contribution < 1.29 is 4.39 Å². The Morgan fingerprint density at radius 3 is 2.43 bits per heavy atom. The van der Waals surface area contributed by atoms with Crippen LogP contribution in [0.1, 0.15) is 5.56 Å². The fourth-order valence-electron chi connectivity index (χ4n) is 2.03. The minimum Gasteiger partial charge on any atom is -0.362 e. The van der Waals surface area contributed by atoms with Crippen LogP contribution in [-0.4, -0.2) is 45.2 Å². The van der Waals surface area contributed by atoms with E-state index < -0.39 is 0 Å². The topological polar surface area (TPSA) is 18.5 Å². The van der Waals surface area contributed by atoms with Gasteiger partial charge in [-0.15, -0.1) is 13.2 Å².